The molecule has 5 nitrogen and oxygen atoms in total. The van der Waals surface area contributed by atoms with Gasteiger partial charge in [-0.1, -0.05) is 29.8 Å². The lowest BCUT2D eigenvalue weighted by Gasteiger charge is -2.31. The van der Waals surface area contributed by atoms with Crippen LogP contribution in [0.2, 0.25) is 5.02 Å². The SMILES string of the molecule is COc1ccc(C(=O)N2CCC(C(=O)NCc3ccccc3Cl)CC2)cc1. The summed E-state index contributed by atoms with van der Waals surface area (Å²) in [6.45, 7) is 1.58. The molecule has 0 aliphatic carbocycles. The van der Waals surface area contributed by atoms with E-state index in [4.69, 9.17) is 16.3 Å². The average molecular weight is 387 g/mol. The molecule has 2 amide bonds. The van der Waals surface area contributed by atoms with Crippen molar-refractivity contribution in [2.45, 2.75) is 19.4 Å². The molecule has 2 aromatic rings. The highest BCUT2D eigenvalue weighted by atomic mass is 35.5. The maximum atomic E-state index is 12.6. The zero-order valence-electron chi connectivity index (χ0n) is 15.3. The summed E-state index contributed by atoms with van der Waals surface area (Å²) >= 11 is 6.12. The van der Waals surface area contributed by atoms with Crippen molar-refractivity contribution in [1.29, 1.82) is 0 Å². The maximum absolute atomic E-state index is 12.6. The van der Waals surface area contributed by atoms with Gasteiger partial charge in [0.05, 0.1) is 7.11 Å². The minimum atomic E-state index is -0.0765. The van der Waals surface area contributed by atoms with Crippen molar-refractivity contribution >= 4 is 23.4 Å². The number of carbonyl (C=O) groups is 2. The second kappa shape index (κ2) is 8.91. The van der Waals surface area contributed by atoms with Gasteiger partial charge in [0.1, 0.15) is 5.75 Å². The predicted octanol–water partition coefficient (Wildman–Crippen LogP) is 3.52. The number of rotatable bonds is 5. The van der Waals surface area contributed by atoms with E-state index < -0.39 is 0 Å². The molecule has 0 radical (unpaired) electrons. The summed E-state index contributed by atoms with van der Waals surface area (Å²) in [4.78, 5) is 26.8. The zero-order valence-corrected chi connectivity index (χ0v) is 16.0. The molecule has 0 bridgehead atoms. The van der Waals surface area contributed by atoms with Crippen LogP contribution < -0.4 is 10.1 Å². The topological polar surface area (TPSA) is 58.6 Å². The summed E-state index contributed by atoms with van der Waals surface area (Å²) in [5.74, 6) is 0.659. The van der Waals surface area contributed by atoms with E-state index in [0.29, 0.717) is 43.1 Å². The maximum Gasteiger partial charge on any atom is 0.253 e. The van der Waals surface area contributed by atoms with Gasteiger partial charge in [-0.3, -0.25) is 9.59 Å². The van der Waals surface area contributed by atoms with E-state index in [9.17, 15) is 9.59 Å². The highest BCUT2D eigenvalue weighted by molar-refractivity contribution is 6.31. The van der Waals surface area contributed by atoms with E-state index in [0.717, 1.165) is 11.3 Å². The first-order valence-corrected chi connectivity index (χ1v) is 9.40. The molecule has 142 valence electrons. The van der Waals surface area contributed by atoms with Gasteiger partial charge in [0.15, 0.2) is 0 Å². The van der Waals surface area contributed by atoms with Gasteiger partial charge in [-0.25, -0.2) is 0 Å². The van der Waals surface area contributed by atoms with E-state index in [2.05, 4.69) is 5.32 Å². The number of likely N-dealkylation sites (tertiary alicyclic amines) is 1. The van der Waals surface area contributed by atoms with Gasteiger partial charge in [-0.2, -0.15) is 0 Å². The molecule has 0 atom stereocenters. The number of hydrogen-bond acceptors (Lipinski definition) is 3. The minimum Gasteiger partial charge on any atom is -0.497 e. The molecule has 1 fully saturated rings. The molecular weight excluding hydrogens is 364 g/mol. The number of hydrogen-bond donors (Lipinski definition) is 1. The lowest BCUT2D eigenvalue weighted by atomic mass is 9.95. The van der Waals surface area contributed by atoms with Crippen LogP contribution in [0.1, 0.15) is 28.8 Å². The Morgan fingerprint density at radius 2 is 1.78 bits per heavy atom. The van der Waals surface area contributed by atoms with Crippen LogP contribution in [0.15, 0.2) is 48.5 Å². The summed E-state index contributed by atoms with van der Waals surface area (Å²) in [6.07, 6.45) is 1.33. The number of carbonyl (C=O) groups excluding carboxylic acids is 2. The first-order chi connectivity index (χ1) is 13.1. The van der Waals surface area contributed by atoms with E-state index in [-0.39, 0.29) is 17.7 Å². The van der Waals surface area contributed by atoms with Crippen LogP contribution in [-0.2, 0) is 11.3 Å². The highest BCUT2D eigenvalue weighted by Gasteiger charge is 2.27. The number of nitrogens with zero attached hydrogens (tertiary/aromatic N) is 1. The van der Waals surface area contributed by atoms with Crippen molar-refractivity contribution in [2.24, 2.45) is 5.92 Å². The van der Waals surface area contributed by atoms with Crippen molar-refractivity contribution in [3.63, 3.8) is 0 Å². The van der Waals surface area contributed by atoms with Gasteiger partial charge in [0.25, 0.3) is 5.91 Å². The fraction of sp³-hybridized carbons (Fsp3) is 0.333. The fourth-order valence-corrected chi connectivity index (χ4v) is 3.43. The Bertz CT molecular complexity index is 799. The van der Waals surface area contributed by atoms with Gasteiger partial charge in [-0.15, -0.1) is 0 Å². The van der Waals surface area contributed by atoms with Gasteiger partial charge in [-0.05, 0) is 48.7 Å². The number of nitrogens with one attached hydrogen (secondary N) is 1. The van der Waals surface area contributed by atoms with Crippen molar-refractivity contribution < 1.29 is 14.3 Å². The molecule has 2 aromatic carbocycles. The Labute approximate surface area is 164 Å². The largest absolute Gasteiger partial charge is 0.497 e. The molecule has 0 aromatic heterocycles. The van der Waals surface area contributed by atoms with E-state index in [1.54, 1.807) is 36.3 Å². The highest BCUT2D eigenvalue weighted by Crippen LogP contribution is 2.21. The summed E-state index contributed by atoms with van der Waals surface area (Å²) < 4.78 is 5.12. The number of amides is 2. The van der Waals surface area contributed by atoms with E-state index in [1.807, 2.05) is 24.3 Å². The lowest BCUT2D eigenvalue weighted by Crippen LogP contribution is -2.42. The average Bonchev–Trinajstić information content (AvgIpc) is 2.72. The first kappa shape index (κ1) is 19.2. The number of methoxy groups -OCH3 is 1. The fourth-order valence-electron chi connectivity index (χ4n) is 3.23. The number of benzene rings is 2. The molecule has 1 aliphatic heterocycles. The quantitative estimate of drug-likeness (QED) is 0.855. The molecule has 3 rings (SSSR count). The molecule has 1 aliphatic rings. The van der Waals surface area contributed by atoms with Crippen molar-refractivity contribution in [3.8, 4) is 5.75 Å². The molecule has 0 unspecified atom stereocenters. The van der Waals surface area contributed by atoms with Crippen LogP contribution in [0.4, 0.5) is 0 Å². The summed E-state index contributed by atoms with van der Waals surface area (Å²) in [6, 6.07) is 14.6. The van der Waals surface area contributed by atoms with Gasteiger partial charge >= 0.3 is 0 Å². The van der Waals surface area contributed by atoms with Crippen LogP contribution in [0.25, 0.3) is 0 Å². The van der Waals surface area contributed by atoms with Crippen LogP contribution in [0.3, 0.4) is 0 Å². The molecule has 1 saturated heterocycles. The third-order valence-electron chi connectivity index (χ3n) is 4.90. The molecule has 0 saturated carbocycles. The normalized spacial score (nSPS) is 14.7. The standard InChI is InChI=1S/C21H23ClN2O3/c1-27-18-8-6-16(7-9-18)21(26)24-12-10-15(11-13-24)20(25)23-14-17-4-2-3-5-19(17)22/h2-9,15H,10-14H2,1H3,(H,23,25). The van der Waals surface area contributed by atoms with Gasteiger partial charge in [0.2, 0.25) is 5.91 Å². The monoisotopic (exact) mass is 386 g/mol. The smallest absolute Gasteiger partial charge is 0.253 e. The Kier molecular flexibility index (Phi) is 6.35. The van der Waals surface area contributed by atoms with Gasteiger partial charge < -0.3 is 15.0 Å². The molecule has 27 heavy (non-hydrogen) atoms. The molecule has 1 heterocycles. The van der Waals surface area contributed by atoms with Crippen molar-refractivity contribution in [2.75, 3.05) is 20.2 Å². The summed E-state index contributed by atoms with van der Waals surface area (Å²) in [5, 5.41) is 3.61. The summed E-state index contributed by atoms with van der Waals surface area (Å²) in [7, 11) is 1.60. The Balaban J connectivity index is 1.49. The zero-order chi connectivity index (χ0) is 19.2. The molecule has 6 heteroatoms. The van der Waals surface area contributed by atoms with Crippen molar-refractivity contribution in [1.82, 2.24) is 10.2 Å². The Hall–Kier alpha value is -2.53. The molecule has 0 spiro atoms. The van der Waals surface area contributed by atoms with Crippen LogP contribution >= 0.6 is 11.6 Å². The van der Waals surface area contributed by atoms with Crippen molar-refractivity contribution in [3.05, 3.63) is 64.7 Å². The predicted molar refractivity (Wildman–Crippen MR) is 105 cm³/mol. The van der Waals surface area contributed by atoms with E-state index >= 15 is 0 Å². The minimum absolute atomic E-state index is 0.00687. The third kappa shape index (κ3) is 4.80. The summed E-state index contributed by atoms with van der Waals surface area (Å²) in [5.41, 5.74) is 1.54. The Morgan fingerprint density at radius 3 is 2.41 bits per heavy atom. The number of ether oxygens (including phenoxy) is 1. The van der Waals surface area contributed by atoms with Gasteiger partial charge in [0, 0.05) is 36.1 Å². The number of piperidine rings is 1. The van der Waals surface area contributed by atoms with E-state index in [1.165, 1.54) is 0 Å². The third-order valence-corrected chi connectivity index (χ3v) is 5.27. The lowest BCUT2D eigenvalue weighted by molar-refractivity contribution is -0.126. The molecule has 1 N–H and O–H groups in total. The first-order valence-electron chi connectivity index (χ1n) is 9.03. The van der Waals surface area contributed by atoms with Crippen LogP contribution in [-0.4, -0.2) is 36.9 Å². The second-order valence-electron chi connectivity index (χ2n) is 6.60. The number of halogens is 1. The van der Waals surface area contributed by atoms with Crippen LogP contribution in [0, 0.1) is 5.92 Å². The molecular formula is C21H23ClN2O3. The van der Waals surface area contributed by atoms with Crippen LogP contribution in [0.5, 0.6) is 5.75 Å². The Morgan fingerprint density at radius 1 is 1.11 bits per heavy atom. The second-order valence-corrected chi connectivity index (χ2v) is 7.01.